The van der Waals surface area contributed by atoms with Crippen molar-refractivity contribution in [2.24, 2.45) is 11.5 Å². The highest BCUT2D eigenvalue weighted by molar-refractivity contribution is 5.96. The smallest absolute Gasteiger partial charge is 0.269 e. The fourth-order valence-electron chi connectivity index (χ4n) is 1.24. The van der Waals surface area contributed by atoms with Crippen LogP contribution >= 0.6 is 0 Å². The molecule has 0 aliphatic rings. The van der Waals surface area contributed by atoms with E-state index in [-0.39, 0.29) is 23.2 Å². The van der Waals surface area contributed by atoms with Crippen LogP contribution in [0.5, 0.6) is 0 Å². The summed E-state index contributed by atoms with van der Waals surface area (Å²) < 4.78 is 0. The molecule has 0 saturated carbocycles. The lowest BCUT2D eigenvalue weighted by molar-refractivity contribution is 0.0945. The predicted molar refractivity (Wildman–Crippen MR) is 67.0 cm³/mol. The molecule has 0 fully saturated rings. The highest BCUT2D eigenvalue weighted by atomic mass is 16.2. The first-order valence-electron chi connectivity index (χ1n) is 5.62. The highest BCUT2D eigenvalue weighted by Crippen LogP contribution is 1.99. The molecule has 0 spiro atoms. The van der Waals surface area contributed by atoms with Gasteiger partial charge in [-0.2, -0.15) is 0 Å². The van der Waals surface area contributed by atoms with Crippen molar-refractivity contribution in [2.45, 2.75) is 0 Å². The molecule has 0 aromatic carbocycles. The summed E-state index contributed by atoms with van der Waals surface area (Å²) in [6, 6.07) is 4.67. The molecule has 2 amide bonds. The predicted octanol–water partition coefficient (Wildman–Crippen LogP) is -1.54. The molecule has 1 aromatic heterocycles. The molecular weight excluding hydrogens is 234 g/mol. The van der Waals surface area contributed by atoms with Crippen LogP contribution < -0.4 is 22.1 Å². The Labute approximate surface area is 105 Å². The monoisotopic (exact) mass is 251 g/mol. The molecule has 7 heteroatoms. The van der Waals surface area contributed by atoms with Crippen LogP contribution in [0.15, 0.2) is 18.2 Å². The van der Waals surface area contributed by atoms with E-state index in [0.717, 1.165) is 0 Å². The van der Waals surface area contributed by atoms with Gasteiger partial charge in [-0.1, -0.05) is 6.07 Å². The Morgan fingerprint density at radius 2 is 1.44 bits per heavy atom. The number of carbonyl (C=O) groups is 2. The molecule has 18 heavy (non-hydrogen) atoms. The van der Waals surface area contributed by atoms with Gasteiger partial charge in [0.1, 0.15) is 11.4 Å². The summed E-state index contributed by atoms with van der Waals surface area (Å²) in [5.41, 5.74) is 10.9. The van der Waals surface area contributed by atoms with Crippen LogP contribution in [0.25, 0.3) is 0 Å². The number of nitrogens with two attached hydrogens (primary N) is 2. The van der Waals surface area contributed by atoms with Crippen molar-refractivity contribution in [2.75, 3.05) is 26.2 Å². The van der Waals surface area contributed by atoms with Gasteiger partial charge in [0.05, 0.1) is 0 Å². The molecule has 1 heterocycles. The lowest BCUT2D eigenvalue weighted by Crippen LogP contribution is -2.32. The zero-order chi connectivity index (χ0) is 13.4. The summed E-state index contributed by atoms with van der Waals surface area (Å²) in [6.07, 6.45) is 0. The lowest BCUT2D eigenvalue weighted by atomic mass is 10.2. The third kappa shape index (κ3) is 4.11. The average Bonchev–Trinajstić information content (AvgIpc) is 2.42. The Balaban J connectivity index is 2.72. The lowest BCUT2D eigenvalue weighted by Gasteiger charge is -2.05. The third-order valence-corrected chi connectivity index (χ3v) is 2.07. The minimum Gasteiger partial charge on any atom is -0.349 e. The van der Waals surface area contributed by atoms with Crippen molar-refractivity contribution < 1.29 is 9.59 Å². The van der Waals surface area contributed by atoms with E-state index >= 15 is 0 Å². The molecule has 0 radical (unpaired) electrons. The minimum atomic E-state index is -0.353. The Hall–Kier alpha value is -1.99. The maximum Gasteiger partial charge on any atom is 0.269 e. The largest absolute Gasteiger partial charge is 0.349 e. The first kappa shape index (κ1) is 14.1. The number of amides is 2. The van der Waals surface area contributed by atoms with Gasteiger partial charge in [0.15, 0.2) is 0 Å². The average molecular weight is 251 g/mol. The number of rotatable bonds is 6. The molecule has 6 N–H and O–H groups in total. The molecule has 0 aliphatic heterocycles. The normalized spacial score (nSPS) is 9.89. The van der Waals surface area contributed by atoms with Crippen molar-refractivity contribution in [3.63, 3.8) is 0 Å². The molecule has 0 bridgehead atoms. The Morgan fingerprint density at radius 1 is 1.00 bits per heavy atom. The van der Waals surface area contributed by atoms with Gasteiger partial charge >= 0.3 is 0 Å². The van der Waals surface area contributed by atoms with Gasteiger partial charge in [-0.3, -0.25) is 9.59 Å². The molecule has 0 aliphatic carbocycles. The second-order valence-corrected chi connectivity index (χ2v) is 3.50. The topological polar surface area (TPSA) is 123 Å². The summed E-state index contributed by atoms with van der Waals surface area (Å²) in [5, 5.41) is 5.16. The van der Waals surface area contributed by atoms with Crippen LogP contribution in [0.2, 0.25) is 0 Å². The first-order valence-corrected chi connectivity index (χ1v) is 5.62. The van der Waals surface area contributed by atoms with Crippen molar-refractivity contribution in [3.05, 3.63) is 29.6 Å². The van der Waals surface area contributed by atoms with Crippen LogP contribution in [-0.4, -0.2) is 43.0 Å². The molecule has 0 unspecified atom stereocenters. The quantitative estimate of drug-likeness (QED) is 0.488. The second-order valence-electron chi connectivity index (χ2n) is 3.50. The molecule has 1 aromatic rings. The summed E-state index contributed by atoms with van der Waals surface area (Å²) >= 11 is 0. The second kappa shape index (κ2) is 7.36. The van der Waals surface area contributed by atoms with E-state index in [4.69, 9.17) is 11.5 Å². The zero-order valence-electron chi connectivity index (χ0n) is 9.98. The van der Waals surface area contributed by atoms with Crippen molar-refractivity contribution >= 4 is 11.8 Å². The summed E-state index contributed by atoms with van der Waals surface area (Å²) in [6.45, 7) is 1.43. The highest BCUT2D eigenvalue weighted by Gasteiger charge is 2.11. The fourth-order valence-corrected chi connectivity index (χ4v) is 1.24. The molecule has 98 valence electrons. The van der Waals surface area contributed by atoms with E-state index in [9.17, 15) is 9.59 Å². The minimum absolute atomic E-state index is 0.184. The number of carbonyl (C=O) groups excluding carboxylic acids is 2. The van der Waals surface area contributed by atoms with Gasteiger partial charge in [-0.15, -0.1) is 0 Å². The molecule has 1 rings (SSSR count). The molecule has 7 nitrogen and oxygen atoms in total. The van der Waals surface area contributed by atoms with Crippen molar-refractivity contribution in [1.82, 2.24) is 15.6 Å². The maximum absolute atomic E-state index is 11.6. The van der Waals surface area contributed by atoms with Crippen LogP contribution in [0.3, 0.4) is 0 Å². The van der Waals surface area contributed by atoms with Crippen molar-refractivity contribution in [3.8, 4) is 0 Å². The third-order valence-electron chi connectivity index (χ3n) is 2.07. The van der Waals surface area contributed by atoms with E-state index in [2.05, 4.69) is 15.6 Å². The number of nitrogens with zero attached hydrogens (tertiary/aromatic N) is 1. The zero-order valence-corrected chi connectivity index (χ0v) is 9.98. The summed E-state index contributed by atoms with van der Waals surface area (Å²) in [5.74, 6) is -0.706. The van der Waals surface area contributed by atoms with E-state index in [1.807, 2.05) is 0 Å². The standard InChI is InChI=1S/C11H17N5O2/c12-4-6-14-10(17)8-2-1-3-9(16-8)11(18)15-7-5-13/h1-3H,4-7,12-13H2,(H,14,17)(H,15,18). The van der Waals surface area contributed by atoms with Crippen molar-refractivity contribution in [1.29, 1.82) is 0 Å². The van der Waals surface area contributed by atoms with Gasteiger partial charge < -0.3 is 22.1 Å². The van der Waals surface area contributed by atoms with Crippen LogP contribution in [0.1, 0.15) is 21.0 Å². The number of nitrogens with one attached hydrogen (secondary N) is 2. The Bertz CT molecular complexity index is 386. The molecule has 0 atom stereocenters. The number of aromatic nitrogens is 1. The van der Waals surface area contributed by atoms with E-state index < -0.39 is 0 Å². The maximum atomic E-state index is 11.6. The first-order chi connectivity index (χ1) is 8.69. The van der Waals surface area contributed by atoms with Crippen LogP contribution in [-0.2, 0) is 0 Å². The van der Waals surface area contributed by atoms with Gasteiger partial charge in [0, 0.05) is 26.2 Å². The van der Waals surface area contributed by atoms with Crippen LogP contribution in [0, 0.1) is 0 Å². The molecular formula is C11H17N5O2. The van der Waals surface area contributed by atoms with E-state index in [0.29, 0.717) is 26.2 Å². The van der Waals surface area contributed by atoms with Gasteiger partial charge in [-0.05, 0) is 12.1 Å². The molecule has 0 saturated heterocycles. The van der Waals surface area contributed by atoms with Gasteiger partial charge in [0.2, 0.25) is 0 Å². The van der Waals surface area contributed by atoms with E-state index in [1.165, 1.54) is 12.1 Å². The van der Waals surface area contributed by atoms with Gasteiger partial charge in [-0.25, -0.2) is 4.98 Å². The Kier molecular flexibility index (Phi) is 5.75. The van der Waals surface area contributed by atoms with Crippen LogP contribution in [0.4, 0.5) is 0 Å². The van der Waals surface area contributed by atoms with Gasteiger partial charge in [0.25, 0.3) is 11.8 Å². The number of hydrogen-bond acceptors (Lipinski definition) is 5. The summed E-state index contributed by atoms with van der Waals surface area (Å²) in [4.78, 5) is 27.2. The summed E-state index contributed by atoms with van der Waals surface area (Å²) in [7, 11) is 0. The fraction of sp³-hybridized carbons (Fsp3) is 0.364. The Morgan fingerprint density at radius 3 is 1.83 bits per heavy atom. The number of hydrogen-bond donors (Lipinski definition) is 4. The SMILES string of the molecule is NCCNC(=O)c1cccc(C(=O)NCCN)n1. The van der Waals surface area contributed by atoms with E-state index in [1.54, 1.807) is 6.07 Å². The number of pyridine rings is 1.